The number of pyridine rings is 2. The van der Waals surface area contributed by atoms with Gasteiger partial charge in [-0.2, -0.15) is 0 Å². The van der Waals surface area contributed by atoms with Crippen molar-refractivity contribution in [3.05, 3.63) is 70.7 Å². The number of hydrogen-bond donors (Lipinski definition) is 0. The summed E-state index contributed by atoms with van der Waals surface area (Å²) >= 11 is 0. The molecule has 5 rings (SSSR count). The van der Waals surface area contributed by atoms with Gasteiger partial charge >= 0.3 is 0 Å². The average Bonchev–Trinajstić information content (AvgIpc) is 3.07. The minimum Gasteiger partial charge on any atom is -0.306 e. The smallest absolute Gasteiger partial charge is 0.258 e. The van der Waals surface area contributed by atoms with Crippen molar-refractivity contribution in [2.24, 2.45) is 0 Å². The van der Waals surface area contributed by atoms with E-state index in [4.69, 9.17) is 4.98 Å². The fourth-order valence-corrected chi connectivity index (χ4v) is 4.09. The van der Waals surface area contributed by atoms with Gasteiger partial charge in [0.2, 0.25) is 0 Å². The van der Waals surface area contributed by atoms with Crippen LogP contribution in [0.1, 0.15) is 30.1 Å². The maximum absolute atomic E-state index is 12.8. The SMILES string of the molecule is Cc1cn2cc(-c3ccc4nc(C5CCN(C)CC5)cc(=O)n4c3)ccc2n1. The summed E-state index contributed by atoms with van der Waals surface area (Å²) in [5.41, 5.74) is 5.56. The Morgan fingerprint density at radius 1 is 0.929 bits per heavy atom. The van der Waals surface area contributed by atoms with Crippen LogP contribution in [0, 0.1) is 6.92 Å². The summed E-state index contributed by atoms with van der Waals surface area (Å²) in [5, 5.41) is 0. The number of nitrogens with zero attached hydrogens (tertiary/aromatic N) is 5. The second-order valence-corrected chi connectivity index (χ2v) is 7.81. The molecule has 0 amide bonds. The van der Waals surface area contributed by atoms with Gasteiger partial charge in [0.15, 0.2) is 0 Å². The van der Waals surface area contributed by atoms with E-state index in [0.29, 0.717) is 11.6 Å². The molecule has 4 aromatic rings. The van der Waals surface area contributed by atoms with Crippen LogP contribution >= 0.6 is 0 Å². The molecular weight excluding hydrogens is 350 g/mol. The third-order valence-corrected chi connectivity index (χ3v) is 5.72. The number of fused-ring (bicyclic) bond motifs is 2. The van der Waals surface area contributed by atoms with Gasteiger partial charge in [-0.1, -0.05) is 0 Å². The number of aryl methyl sites for hydroxylation is 1. The summed E-state index contributed by atoms with van der Waals surface area (Å²) < 4.78 is 3.66. The zero-order valence-electron chi connectivity index (χ0n) is 16.2. The first kappa shape index (κ1) is 17.1. The summed E-state index contributed by atoms with van der Waals surface area (Å²) in [6.45, 7) is 4.09. The summed E-state index contributed by atoms with van der Waals surface area (Å²) in [6, 6.07) is 9.73. The molecule has 0 N–H and O–H groups in total. The van der Waals surface area contributed by atoms with Crippen LogP contribution in [-0.4, -0.2) is 43.8 Å². The number of likely N-dealkylation sites (tertiary alicyclic amines) is 1. The van der Waals surface area contributed by atoms with E-state index < -0.39 is 0 Å². The Morgan fingerprint density at radius 3 is 2.43 bits per heavy atom. The largest absolute Gasteiger partial charge is 0.306 e. The van der Waals surface area contributed by atoms with Gasteiger partial charge in [-0.3, -0.25) is 9.20 Å². The highest BCUT2D eigenvalue weighted by Gasteiger charge is 2.20. The first-order valence-corrected chi connectivity index (χ1v) is 9.74. The van der Waals surface area contributed by atoms with Crippen molar-refractivity contribution in [2.45, 2.75) is 25.7 Å². The van der Waals surface area contributed by atoms with Gasteiger partial charge in [0, 0.05) is 36.1 Å². The van der Waals surface area contributed by atoms with Crippen LogP contribution in [0.15, 0.2) is 53.7 Å². The lowest BCUT2D eigenvalue weighted by molar-refractivity contribution is 0.253. The molecule has 6 nitrogen and oxygen atoms in total. The Morgan fingerprint density at radius 2 is 1.64 bits per heavy atom. The lowest BCUT2D eigenvalue weighted by Crippen LogP contribution is -2.30. The topological polar surface area (TPSA) is 54.9 Å². The summed E-state index contributed by atoms with van der Waals surface area (Å²) in [6.07, 6.45) is 8.04. The molecule has 1 fully saturated rings. The monoisotopic (exact) mass is 373 g/mol. The molecule has 6 heteroatoms. The van der Waals surface area contributed by atoms with Crippen LogP contribution in [-0.2, 0) is 0 Å². The number of hydrogen-bond acceptors (Lipinski definition) is 4. The minimum atomic E-state index is -0.0136. The van der Waals surface area contributed by atoms with Crippen LogP contribution in [0.2, 0.25) is 0 Å². The second kappa shape index (κ2) is 6.56. The summed E-state index contributed by atoms with van der Waals surface area (Å²) in [7, 11) is 2.14. The van der Waals surface area contributed by atoms with Crippen molar-refractivity contribution >= 4 is 11.3 Å². The highest BCUT2D eigenvalue weighted by atomic mass is 16.1. The average molecular weight is 373 g/mol. The number of piperidine rings is 1. The third-order valence-electron chi connectivity index (χ3n) is 5.72. The van der Waals surface area contributed by atoms with Crippen molar-refractivity contribution in [1.82, 2.24) is 23.7 Å². The Kier molecular flexibility index (Phi) is 4.02. The molecule has 1 aliphatic heterocycles. The number of rotatable bonds is 2. The van der Waals surface area contributed by atoms with Gasteiger partial charge in [-0.15, -0.1) is 0 Å². The lowest BCUT2D eigenvalue weighted by Gasteiger charge is -2.28. The molecule has 0 aromatic carbocycles. The van der Waals surface area contributed by atoms with Crippen LogP contribution in [0.3, 0.4) is 0 Å². The predicted octanol–water partition coefficient (Wildman–Crippen LogP) is 3.13. The van der Waals surface area contributed by atoms with E-state index in [1.54, 1.807) is 10.5 Å². The molecule has 0 spiro atoms. The number of imidazole rings is 1. The highest BCUT2D eigenvalue weighted by molar-refractivity contribution is 5.65. The molecule has 0 bridgehead atoms. The zero-order valence-corrected chi connectivity index (χ0v) is 16.2. The van der Waals surface area contributed by atoms with Crippen LogP contribution in [0.4, 0.5) is 0 Å². The summed E-state index contributed by atoms with van der Waals surface area (Å²) in [5.74, 6) is 0.375. The molecule has 0 unspecified atom stereocenters. The van der Waals surface area contributed by atoms with Crippen molar-refractivity contribution in [3.8, 4) is 11.1 Å². The van der Waals surface area contributed by atoms with E-state index in [0.717, 1.165) is 54.1 Å². The predicted molar refractivity (Wildman–Crippen MR) is 110 cm³/mol. The Bertz CT molecular complexity index is 1230. The second-order valence-electron chi connectivity index (χ2n) is 7.81. The number of aromatic nitrogens is 4. The highest BCUT2D eigenvalue weighted by Crippen LogP contribution is 2.26. The van der Waals surface area contributed by atoms with E-state index in [1.165, 1.54) is 0 Å². The molecule has 0 saturated carbocycles. The molecule has 1 saturated heterocycles. The van der Waals surface area contributed by atoms with E-state index in [9.17, 15) is 4.79 Å². The summed E-state index contributed by atoms with van der Waals surface area (Å²) in [4.78, 5) is 24.4. The molecular formula is C22H23N5O. The maximum atomic E-state index is 12.8. The maximum Gasteiger partial charge on any atom is 0.258 e. The molecule has 28 heavy (non-hydrogen) atoms. The molecule has 5 heterocycles. The molecule has 0 atom stereocenters. The van der Waals surface area contributed by atoms with Crippen LogP contribution in [0.25, 0.3) is 22.4 Å². The van der Waals surface area contributed by atoms with E-state index in [2.05, 4.69) is 16.9 Å². The van der Waals surface area contributed by atoms with Gasteiger partial charge in [0.05, 0.1) is 11.4 Å². The fourth-order valence-electron chi connectivity index (χ4n) is 4.09. The Hall–Kier alpha value is -2.99. The van der Waals surface area contributed by atoms with Gasteiger partial charge in [-0.05, 0) is 69.7 Å². The van der Waals surface area contributed by atoms with Crippen molar-refractivity contribution in [1.29, 1.82) is 0 Å². The van der Waals surface area contributed by atoms with E-state index in [-0.39, 0.29) is 5.56 Å². The first-order chi connectivity index (χ1) is 13.6. The minimum absolute atomic E-state index is 0.0136. The van der Waals surface area contributed by atoms with Crippen LogP contribution in [0.5, 0.6) is 0 Å². The molecule has 0 radical (unpaired) electrons. The normalized spacial score (nSPS) is 16.2. The Labute approximate surface area is 163 Å². The van der Waals surface area contributed by atoms with Gasteiger partial charge < -0.3 is 9.30 Å². The molecule has 4 aromatic heterocycles. The molecule has 1 aliphatic rings. The fraction of sp³-hybridized carbons (Fsp3) is 0.318. The Balaban J connectivity index is 1.54. The quantitative estimate of drug-likeness (QED) is 0.542. The third kappa shape index (κ3) is 2.99. The lowest BCUT2D eigenvalue weighted by atomic mass is 9.93. The van der Waals surface area contributed by atoms with Gasteiger partial charge in [0.1, 0.15) is 11.3 Å². The van der Waals surface area contributed by atoms with Gasteiger partial charge in [0.25, 0.3) is 5.56 Å². The van der Waals surface area contributed by atoms with Gasteiger partial charge in [-0.25, -0.2) is 9.97 Å². The molecule has 142 valence electrons. The zero-order chi connectivity index (χ0) is 19.3. The van der Waals surface area contributed by atoms with E-state index >= 15 is 0 Å². The van der Waals surface area contributed by atoms with Crippen LogP contribution < -0.4 is 5.56 Å². The van der Waals surface area contributed by atoms with Crippen molar-refractivity contribution in [2.75, 3.05) is 20.1 Å². The standard InChI is InChI=1S/C22H23N5O/c1-15-12-26-13-17(3-5-20(26)23-15)18-4-6-21-24-19(11-22(28)27(21)14-18)16-7-9-25(2)10-8-16/h3-6,11-14,16H,7-10H2,1-2H3. The van der Waals surface area contributed by atoms with Crippen molar-refractivity contribution < 1.29 is 0 Å². The van der Waals surface area contributed by atoms with Crippen molar-refractivity contribution in [3.63, 3.8) is 0 Å². The first-order valence-electron chi connectivity index (χ1n) is 9.74. The van der Waals surface area contributed by atoms with E-state index in [1.807, 2.05) is 54.2 Å². The molecule has 0 aliphatic carbocycles.